The predicted octanol–water partition coefficient (Wildman–Crippen LogP) is 4.31. The lowest BCUT2D eigenvalue weighted by atomic mass is 10.2. The van der Waals surface area contributed by atoms with Crippen LogP contribution in [0.5, 0.6) is 0 Å². The van der Waals surface area contributed by atoms with E-state index in [9.17, 15) is 9.59 Å². The fraction of sp³-hybridized carbons (Fsp3) is 0.278. The SMILES string of the molecule is O=C(Nc1ccc(Cl)c(Cl)c1)c1ccnc(C(=O)NC2CCCC2)c1. The molecule has 1 aromatic carbocycles. The molecule has 7 heteroatoms. The van der Waals surface area contributed by atoms with E-state index < -0.39 is 0 Å². The third-order valence-electron chi connectivity index (χ3n) is 4.12. The number of carbonyl (C=O) groups is 2. The zero-order chi connectivity index (χ0) is 17.8. The normalized spacial score (nSPS) is 14.3. The van der Waals surface area contributed by atoms with Crippen LogP contribution in [0.25, 0.3) is 0 Å². The van der Waals surface area contributed by atoms with Crippen LogP contribution in [0, 0.1) is 0 Å². The second-order valence-electron chi connectivity index (χ2n) is 5.97. The summed E-state index contributed by atoms with van der Waals surface area (Å²) in [5.41, 5.74) is 1.10. The molecule has 0 atom stereocenters. The van der Waals surface area contributed by atoms with Crippen molar-refractivity contribution in [2.45, 2.75) is 31.7 Å². The Balaban J connectivity index is 1.70. The highest BCUT2D eigenvalue weighted by Gasteiger charge is 2.19. The smallest absolute Gasteiger partial charge is 0.270 e. The van der Waals surface area contributed by atoms with Crippen molar-refractivity contribution in [3.63, 3.8) is 0 Å². The fourth-order valence-electron chi connectivity index (χ4n) is 2.80. The monoisotopic (exact) mass is 377 g/mol. The van der Waals surface area contributed by atoms with Gasteiger partial charge in [-0.3, -0.25) is 14.6 Å². The molecule has 0 saturated heterocycles. The number of pyridine rings is 1. The molecule has 2 aromatic rings. The van der Waals surface area contributed by atoms with Crippen LogP contribution >= 0.6 is 23.2 Å². The number of aromatic nitrogens is 1. The Morgan fingerprint density at radius 1 is 1.00 bits per heavy atom. The van der Waals surface area contributed by atoms with Crippen LogP contribution in [-0.4, -0.2) is 22.8 Å². The molecule has 5 nitrogen and oxygen atoms in total. The van der Waals surface area contributed by atoms with Crippen LogP contribution in [-0.2, 0) is 0 Å². The minimum absolute atomic E-state index is 0.197. The average Bonchev–Trinajstić information content (AvgIpc) is 3.11. The van der Waals surface area contributed by atoms with Gasteiger partial charge in [-0.15, -0.1) is 0 Å². The first kappa shape index (κ1) is 17.7. The van der Waals surface area contributed by atoms with Crippen molar-refractivity contribution in [2.24, 2.45) is 0 Å². The van der Waals surface area contributed by atoms with Crippen molar-refractivity contribution in [3.8, 4) is 0 Å². The molecule has 2 amide bonds. The Hall–Kier alpha value is -2.11. The maximum atomic E-state index is 12.4. The number of rotatable bonds is 4. The van der Waals surface area contributed by atoms with Crippen LogP contribution in [0.3, 0.4) is 0 Å². The molecule has 1 aliphatic rings. The summed E-state index contributed by atoms with van der Waals surface area (Å²) in [4.78, 5) is 28.7. The van der Waals surface area contributed by atoms with Crippen molar-refractivity contribution in [1.29, 1.82) is 0 Å². The molecule has 1 fully saturated rings. The minimum Gasteiger partial charge on any atom is -0.348 e. The van der Waals surface area contributed by atoms with E-state index in [4.69, 9.17) is 23.2 Å². The number of anilines is 1. The minimum atomic E-state index is -0.351. The topological polar surface area (TPSA) is 71.1 Å². The summed E-state index contributed by atoms with van der Waals surface area (Å²) >= 11 is 11.8. The molecule has 0 bridgehead atoms. The maximum Gasteiger partial charge on any atom is 0.270 e. The Morgan fingerprint density at radius 3 is 2.48 bits per heavy atom. The van der Waals surface area contributed by atoms with E-state index in [1.54, 1.807) is 24.3 Å². The lowest BCUT2D eigenvalue weighted by Crippen LogP contribution is -2.33. The summed E-state index contributed by atoms with van der Waals surface area (Å²) < 4.78 is 0. The molecule has 3 rings (SSSR count). The van der Waals surface area contributed by atoms with Crippen LogP contribution in [0.15, 0.2) is 36.5 Å². The summed E-state index contributed by atoms with van der Waals surface area (Å²) in [5, 5.41) is 6.45. The number of nitrogens with zero attached hydrogens (tertiary/aromatic N) is 1. The van der Waals surface area contributed by atoms with Crippen LogP contribution in [0.1, 0.15) is 46.5 Å². The molecule has 1 saturated carbocycles. The molecule has 1 heterocycles. The van der Waals surface area contributed by atoms with Gasteiger partial charge in [0.05, 0.1) is 10.0 Å². The lowest BCUT2D eigenvalue weighted by molar-refractivity contribution is 0.0933. The van der Waals surface area contributed by atoms with E-state index in [0.29, 0.717) is 21.3 Å². The second kappa shape index (κ2) is 7.85. The van der Waals surface area contributed by atoms with Crippen molar-refractivity contribution >= 4 is 40.7 Å². The Kier molecular flexibility index (Phi) is 5.56. The lowest BCUT2D eigenvalue weighted by Gasteiger charge is -2.12. The number of nitrogens with one attached hydrogen (secondary N) is 2. The van der Waals surface area contributed by atoms with Gasteiger partial charge in [0.25, 0.3) is 11.8 Å². The number of halogens is 2. The van der Waals surface area contributed by atoms with E-state index in [-0.39, 0.29) is 23.6 Å². The van der Waals surface area contributed by atoms with Gasteiger partial charge < -0.3 is 10.6 Å². The third-order valence-corrected chi connectivity index (χ3v) is 4.86. The number of hydrogen-bond donors (Lipinski definition) is 2. The van der Waals surface area contributed by atoms with Crippen LogP contribution in [0.2, 0.25) is 10.0 Å². The van der Waals surface area contributed by atoms with Gasteiger partial charge in [0.15, 0.2) is 0 Å². The first-order valence-corrected chi connectivity index (χ1v) is 8.82. The molecule has 130 valence electrons. The van der Waals surface area contributed by atoms with E-state index in [1.807, 2.05) is 0 Å². The molecule has 1 aliphatic carbocycles. The quantitative estimate of drug-likeness (QED) is 0.833. The van der Waals surface area contributed by atoms with Crippen LogP contribution in [0.4, 0.5) is 5.69 Å². The van der Waals surface area contributed by atoms with E-state index in [2.05, 4.69) is 15.6 Å². The van der Waals surface area contributed by atoms with Crippen molar-refractivity contribution in [2.75, 3.05) is 5.32 Å². The number of benzene rings is 1. The van der Waals surface area contributed by atoms with E-state index in [0.717, 1.165) is 25.7 Å². The molecule has 1 aromatic heterocycles. The average molecular weight is 378 g/mol. The summed E-state index contributed by atoms with van der Waals surface area (Å²) in [6.07, 6.45) is 5.69. The number of carbonyl (C=O) groups excluding carboxylic acids is 2. The molecular formula is C18H17Cl2N3O2. The molecule has 0 aliphatic heterocycles. The number of amides is 2. The van der Waals surface area contributed by atoms with Gasteiger partial charge in [0.2, 0.25) is 0 Å². The number of hydrogen-bond acceptors (Lipinski definition) is 3. The maximum absolute atomic E-state index is 12.4. The molecule has 2 N–H and O–H groups in total. The van der Waals surface area contributed by atoms with Gasteiger partial charge in [-0.05, 0) is 43.2 Å². The second-order valence-corrected chi connectivity index (χ2v) is 6.78. The van der Waals surface area contributed by atoms with Gasteiger partial charge in [0, 0.05) is 23.5 Å². The summed E-state index contributed by atoms with van der Waals surface area (Å²) in [6.45, 7) is 0. The summed E-state index contributed by atoms with van der Waals surface area (Å²) in [7, 11) is 0. The molecule has 25 heavy (non-hydrogen) atoms. The molecular weight excluding hydrogens is 361 g/mol. The van der Waals surface area contributed by atoms with Gasteiger partial charge in [-0.25, -0.2) is 0 Å². The molecule has 0 radical (unpaired) electrons. The predicted molar refractivity (Wildman–Crippen MR) is 98.4 cm³/mol. The Bertz CT molecular complexity index is 805. The standard InChI is InChI=1S/C18H17Cl2N3O2/c19-14-6-5-13(10-15(14)20)23-17(24)11-7-8-21-16(9-11)18(25)22-12-3-1-2-4-12/h5-10,12H,1-4H2,(H,22,25)(H,23,24). The molecule has 0 spiro atoms. The first-order chi connectivity index (χ1) is 12.0. The zero-order valence-electron chi connectivity index (χ0n) is 13.4. The summed E-state index contributed by atoms with van der Waals surface area (Å²) in [5.74, 6) is -0.605. The highest BCUT2D eigenvalue weighted by Crippen LogP contribution is 2.25. The Morgan fingerprint density at radius 2 is 1.76 bits per heavy atom. The highest BCUT2D eigenvalue weighted by molar-refractivity contribution is 6.42. The Labute approximate surface area is 155 Å². The van der Waals surface area contributed by atoms with E-state index in [1.165, 1.54) is 12.3 Å². The van der Waals surface area contributed by atoms with E-state index >= 15 is 0 Å². The largest absolute Gasteiger partial charge is 0.348 e. The molecule has 0 unspecified atom stereocenters. The highest BCUT2D eigenvalue weighted by atomic mass is 35.5. The van der Waals surface area contributed by atoms with Gasteiger partial charge in [0.1, 0.15) is 5.69 Å². The third kappa shape index (κ3) is 4.50. The summed E-state index contributed by atoms with van der Waals surface area (Å²) in [6, 6.07) is 8.06. The van der Waals surface area contributed by atoms with Gasteiger partial charge in [-0.1, -0.05) is 36.0 Å². The van der Waals surface area contributed by atoms with Gasteiger partial charge >= 0.3 is 0 Å². The van der Waals surface area contributed by atoms with Crippen molar-refractivity contribution in [1.82, 2.24) is 10.3 Å². The van der Waals surface area contributed by atoms with Crippen LogP contribution < -0.4 is 10.6 Å². The zero-order valence-corrected chi connectivity index (χ0v) is 14.9. The first-order valence-electron chi connectivity index (χ1n) is 8.06. The van der Waals surface area contributed by atoms with Crippen molar-refractivity contribution in [3.05, 3.63) is 57.8 Å². The van der Waals surface area contributed by atoms with Crippen molar-refractivity contribution < 1.29 is 9.59 Å². The fourth-order valence-corrected chi connectivity index (χ4v) is 3.10. The van der Waals surface area contributed by atoms with Gasteiger partial charge in [-0.2, -0.15) is 0 Å².